The Morgan fingerprint density at radius 2 is 1.02 bits per heavy atom. The summed E-state index contributed by atoms with van der Waals surface area (Å²) >= 11 is 0. The number of aldehydes is 1. The molecule has 0 aliphatic heterocycles. The molecule has 0 spiro atoms. The quantitative estimate of drug-likeness (QED) is 0.133. The van der Waals surface area contributed by atoms with Crippen LogP contribution in [0.2, 0.25) is 0 Å². The van der Waals surface area contributed by atoms with Crippen LogP contribution in [0.15, 0.2) is 60.7 Å². The number of rotatable bonds is 18. The van der Waals surface area contributed by atoms with Gasteiger partial charge in [-0.2, -0.15) is 0 Å². The van der Waals surface area contributed by atoms with Gasteiger partial charge in [-0.05, 0) is 47.6 Å². The second-order valence-electron chi connectivity index (χ2n) is 13.7. The third kappa shape index (κ3) is 18.4. The predicted molar refractivity (Wildman–Crippen MR) is 193 cm³/mol. The zero-order chi connectivity index (χ0) is 37.6. The Kier molecular flexibility index (Phi) is 20.8. The van der Waals surface area contributed by atoms with Gasteiger partial charge in [-0.15, -0.1) is 0 Å². The first-order valence-electron chi connectivity index (χ1n) is 17.3. The van der Waals surface area contributed by atoms with Gasteiger partial charge in [-0.3, -0.25) is 9.59 Å². The van der Waals surface area contributed by atoms with E-state index in [1.165, 1.54) is 0 Å². The highest BCUT2D eigenvalue weighted by molar-refractivity contribution is 5.87. The Morgan fingerprint density at radius 3 is 1.34 bits per heavy atom. The van der Waals surface area contributed by atoms with E-state index in [1.807, 2.05) is 116 Å². The Balaban J connectivity index is 0.000000500. The largest absolute Gasteiger partial charge is 0.445 e. The summed E-state index contributed by atoms with van der Waals surface area (Å²) in [7, 11) is 0. The number of aliphatic hydroxyl groups excluding tert-OH is 1. The molecule has 2 aromatic rings. The molecule has 0 heterocycles. The maximum atomic E-state index is 12.5. The number of ether oxygens (including phenoxy) is 2. The summed E-state index contributed by atoms with van der Waals surface area (Å²) in [6, 6.07) is 16.3. The molecule has 278 valence electrons. The number of nitrogens with one attached hydrogen (secondary N) is 4. The van der Waals surface area contributed by atoms with Crippen molar-refractivity contribution >= 4 is 30.3 Å². The maximum absolute atomic E-state index is 12.5. The van der Waals surface area contributed by atoms with Gasteiger partial charge in [-0.1, -0.05) is 116 Å². The van der Waals surface area contributed by atoms with Crippen molar-refractivity contribution in [2.45, 2.75) is 106 Å². The molecule has 4 atom stereocenters. The van der Waals surface area contributed by atoms with Gasteiger partial charge in [0.15, 0.2) is 0 Å². The lowest BCUT2D eigenvalue weighted by Crippen LogP contribution is -2.52. The summed E-state index contributed by atoms with van der Waals surface area (Å²) in [4.78, 5) is 60.0. The molecule has 0 saturated carbocycles. The van der Waals surface area contributed by atoms with E-state index in [2.05, 4.69) is 21.3 Å². The van der Waals surface area contributed by atoms with Crippen molar-refractivity contribution < 1.29 is 38.6 Å². The minimum Gasteiger partial charge on any atom is -0.445 e. The highest BCUT2D eigenvalue weighted by Gasteiger charge is 2.27. The zero-order valence-corrected chi connectivity index (χ0v) is 30.8. The lowest BCUT2D eigenvalue weighted by molar-refractivity contribution is -0.126. The number of alkyl carbamates (subject to hydrolysis) is 2. The summed E-state index contributed by atoms with van der Waals surface area (Å²) in [6.07, 6.45) is 0.368. The Hall–Kier alpha value is -4.45. The van der Waals surface area contributed by atoms with Crippen LogP contribution >= 0.6 is 0 Å². The molecule has 0 fully saturated rings. The predicted octanol–water partition coefficient (Wildman–Crippen LogP) is 5.13. The van der Waals surface area contributed by atoms with E-state index >= 15 is 0 Å². The van der Waals surface area contributed by atoms with Gasteiger partial charge in [0.05, 0.1) is 18.7 Å². The number of hydrogen-bond acceptors (Lipinski definition) is 8. The fraction of sp³-hybridized carbons (Fsp3) is 0.553. The molecule has 0 radical (unpaired) electrons. The third-order valence-corrected chi connectivity index (χ3v) is 7.56. The molecule has 2 aromatic carbocycles. The fourth-order valence-electron chi connectivity index (χ4n) is 4.55. The van der Waals surface area contributed by atoms with E-state index < -0.39 is 30.3 Å². The average molecular weight is 699 g/mol. The van der Waals surface area contributed by atoms with Crippen molar-refractivity contribution in [2.75, 3.05) is 6.61 Å². The summed E-state index contributed by atoms with van der Waals surface area (Å²) in [5, 5.41) is 20.1. The van der Waals surface area contributed by atoms with Crippen LogP contribution in [0.4, 0.5) is 9.59 Å². The summed E-state index contributed by atoms with van der Waals surface area (Å²) in [6.45, 7) is 15.5. The lowest BCUT2D eigenvalue weighted by atomic mass is 10.0. The highest BCUT2D eigenvalue weighted by Crippen LogP contribution is 2.10. The number of benzene rings is 2. The van der Waals surface area contributed by atoms with Crippen molar-refractivity contribution in [1.82, 2.24) is 21.3 Å². The molecule has 12 nitrogen and oxygen atoms in total. The zero-order valence-electron chi connectivity index (χ0n) is 30.8. The molecular formula is C38H58N4O8. The number of hydrogen-bond donors (Lipinski definition) is 5. The molecule has 4 amide bonds. The molecule has 0 bridgehead atoms. The fourth-order valence-corrected chi connectivity index (χ4v) is 4.55. The van der Waals surface area contributed by atoms with Crippen molar-refractivity contribution in [2.24, 2.45) is 23.7 Å². The summed E-state index contributed by atoms with van der Waals surface area (Å²) in [5.41, 5.74) is 1.74. The van der Waals surface area contributed by atoms with E-state index in [1.54, 1.807) is 0 Å². The van der Waals surface area contributed by atoms with Gasteiger partial charge in [0.1, 0.15) is 31.6 Å². The summed E-state index contributed by atoms with van der Waals surface area (Å²) in [5.74, 6) is -0.199. The molecule has 0 aromatic heterocycles. The smallest absolute Gasteiger partial charge is 0.408 e. The minimum absolute atomic E-state index is 0.0221. The van der Waals surface area contributed by atoms with Gasteiger partial charge in [0.2, 0.25) is 11.8 Å². The third-order valence-electron chi connectivity index (χ3n) is 7.56. The van der Waals surface area contributed by atoms with Crippen LogP contribution in [-0.4, -0.2) is 66.2 Å². The molecule has 0 aliphatic rings. The standard InChI is InChI=1S/C19H30N2O4.C19H28N2O4/c2*1-13(2)10-16(18(23)20-17(11-22)14(3)4)21-19(24)25-12-15-8-6-5-7-9-15/h5-9,13-14,16-17,22H,10-12H2,1-4H3,(H,20,23)(H,21,24);5-9,11,13-14,16-17H,10,12H2,1-4H3,(H,20,23)(H,21,24)/t2*16-,17+/m00/s1. The van der Waals surface area contributed by atoms with Gasteiger partial charge in [0.25, 0.3) is 0 Å². The van der Waals surface area contributed by atoms with Gasteiger partial charge in [-0.25, -0.2) is 9.59 Å². The molecule has 5 N–H and O–H groups in total. The maximum Gasteiger partial charge on any atom is 0.408 e. The monoisotopic (exact) mass is 698 g/mol. The number of carbonyl (C=O) groups excluding carboxylic acids is 5. The molecule has 0 saturated heterocycles. The lowest BCUT2D eigenvalue weighted by Gasteiger charge is -2.25. The Labute approximate surface area is 297 Å². The van der Waals surface area contributed by atoms with Crippen LogP contribution in [0, 0.1) is 23.7 Å². The number of aliphatic hydroxyl groups is 1. The second-order valence-corrected chi connectivity index (χ2v) is 13.7. The van der Waals surface area contributed by atoms with Crippen LogP contribution in [0.1, 0.15) is 79.4 Å². The SMILES string of the molecule is CC(C)C[C@H](NC(=O)OCc1ccccc1)C(=O)N[C@H](C=O)C(C)C.CC(C)C[C@H](NC(=O)OCc1ccccc1)C(=O)N[C@H](CO)C(C)C. The first-order valence-corrected chi connectivity index (χ1v) is 17.3. The number of carbonyl (C=O) groups is 5. The van der Waals surface area contributed by atoms with Crippen LogP contribution in [-0.2, 0) is 37.1 Å². The van der Waals surface area contributed by atoms with E-state index in [9.17, 15) is 29.1 Å². The van der Waals surface area contributed by atoms with Crippen molar-refractivity contribution in [3.8, 4) is 0 Å². The number of amides is 4. The first kappa shape index (κ1) is 43.6. The average Bonchev–Trinajstić information content (AvgIpc) is 3.07. The molecule has 50 heavy (non-hydrogen) atoms. The minimum atomic E-state index is -0.746. The Morgan fingerprint density at radius 1 is 0.620 bits per heavy atom. The van der Waals surface area contributed by atoms with Crippen molar-refractivity contribution in [3.05, 3.63) is 71.8 Å². The van der Waals surface area contributed by atoms with E-state index in [0.29, 0.717) is 19.1 Å². The van der Waals surface area contributed by atoms with Crippen LogP contribution in [0.3, 0.4) is 0 Å². The Bertz CT molecular complexity index is 1290. The second kappa shape index (κ2) is 23.8. The highest BCUT2D eigenvalue weighted by atomic mass is 16.6. The summed E-state index contributed by atoms with van der Waals surface area (Å²) < 4.78 is 10.4. The molecule has 2 rings (SSSR count). The van der Waals surface area contributed by atoms with Gasteiger partial charge < -0.3 is 40.6 Å². The molecule has 12 heteroatoms. The van der Waals surface area contributed by atoms with E-state index in [-0.39, 0.29) is 61.3 Å². The van der Waals surface area contributed by atoms with Gasteiger partial charge in [0, 0.05) is 0 Å². The molecular weight excluding hydrogens is 640 g/mol. The normalized spacial score (nSPS) is 13.3. The van der Waals surface area contributed by atoms with Crippen molar-refractivity contribution in [1.29, 1.82) is 0 Å². The van der Waals surface area contributed by atoms with Gasteiger partial charge >= 0.3 is 12.2 Å². The first-order chi connectivity index (χ1) is 23.7. The van der Waals surface area contributed by atoms with Crippen LogP contribution < -0.4 is 21.3 Å². The topological polar surface area (TPSA) is 172 Å². The van der Waals surface area contributed by atoms with Crippen molar-refractivity contribution in [3.63, 3.8) is 0 Å². The molecule has 0 unspecified atom stereocenters. The van der Waals surface area contributed by atoms with E-state index in [4.69, 9.17) is 9.47 Å². The van der Waals surface area contributed by atoms with Crippen LogP contribution in [0.25, 0.3) is 0 Å². The molecule has 0 aliphatic carbocycles. The van der Waals surface area contributed by atoms with Crippen LogP contribution in [0.5, 0.6) is 0 Å². The van der Waals surface area contributed by atoms with E-state index in [0.717, 1.165) is 11.1 Å².